The SMILES string of the molecule is CCCn1c(=O)n(CC(C)(C)C(=O)O)c2ccccc21. The summed E-state index contributed by atoms with van der Waals surface area (Å²) in [7, 11) is 0. The van der Waals surface area contributed by atoms with Crippen molar-refractivity contribution >= 4 is 17.0 Å². The zero-order chi connectivity index (χ0) is 14.9. The van der Waals surface area contributed by atoms with E-state index in [9.17, 15) is 14.7 Å². The Morgan fingerprint density at radius 1 is 1.20 bits per heavy atom. The fraction of sp³-hybridized carbons (Fsp3) is 0.467. The topological polar surface area (TPSA) is 64.2 Å². The minimum atomic E-state index is -0.981. The monoisotopic (exact) mass is 276 g/mol. The summed E-state index contributed by atoms with van der Waals surface area (Å²) in [6, 6.07) is 7.51. The predicted molar refractivity (Wildman–Crippen MR) is 77.9 cm³/mol. The molecule has 0 saturated heterocycles. The highest BCUT2D eigenvalue weighted by molar-refractivity contribution is 5.77. The van der Waals surface area contributed by atoms with Gasteiger partial charge < -0.3 is 5.11 Å². The molecule has 1 N–H and O–H groups in total. The summed E-state index contributed by atoms with van der Waals surface area (Å²) in [4.78, 5) is 23.8. The van der Waals surface area contributed by atoms with E-state index in [1.165, 1.54) is 0 Å². The molecule has 0 aliphatic rings. The third-order valence-corrected chi connectivity index (χ3v) is 3.50. The summed E-state index contributed by atoms with van der Waals surface area (Å²) >= 11 is 0. The average molecular weight is 276 g/mol. The number of imidazole rings is 1. The van der Waals surface area contributed by atoms with E-state index >= 15 is 0 Å². The number of aromatic nitrogens is 2. The number of para-hydroxylation sites is 2. The molecular formula is C15H20N2O3. The lowest BCUT2D eigenvalue weighted by atomic mass is 9.94. The maximum absolute atomic E-state index is 12.5. The highest BCUT2D eigenvalue weighted by Crippen LogP contribution is 2.21. The molecule has 2 rings (SSSR count). The maximum Gasteiger partial charge on any atom is 0.329 e. The quantitative estimate of drug-likeness (QED) is 0.911. The van der Waals surface area contributed by atoms with Crippen LogP contribution in [-0.2, 0) is 17.9 Å². The van der Waals surface area contributed by atoms with Crippen molar-refractivity contribution in [3.05, 3.63) is 34.7 Å². The van der Waals surface area contributed by atoms with Gasteiger partial charge in [-0.25, -0.2) is 4.79 Å². The molecule has 1 aromatic carbocycles. The lowest BCUT2D eigenvalue weighted by Gasteiger charge is -2.19. The molecule has 0 radical (unpaired) electrons. The van der Waals surface area contributed by atoms with Crippen molar-refractivity contribution in [1.29, 1.82) is 0 Å². The summed E-state index contributed by atoms with van der Waals surface area (Å²) in [5.41, 5.74) is 0.536. The number of aryl methyl sites for hydroxylation is 1. The largest absolute Gasteiger partial charge is 0.481 e. The Labute approximate surface area is 117 Å². The molecule has 5 nitrogen and oxygen atoms in total. The van der Waals surface area contributed by atoms with Gasteiger partial charge in [-0.15, -0.1) is 0 Å². The number of rotatable bonds is 5. The van der Waals surface area contributed by atoms with Gasteiger partial charge in [0, 0.05) is 13.1 Å². The average Bonchev–Trinajstić information content (AvgIpc) is 2.65. The molecule has 0 spiro atoms. The van der Waals surface area contributed by atoms with Gasteiger partial charge in [0.2, 0.25) is 0 Å². The Kier molecular flexibility index (Phi) is 3.70. The van der Waals surface area contributed by atoms with E-state index in [0.717, 1.165) is 17.5 Å². The molecule has 0 bridgehead atoms. The van der Waals surface area contributed by atoms with E-state index in [4.69, 9.17) is 0 Å². The molecule has 20 heavy (non-hydrogen) atoms. The number of hydrogen-bond acceptors (Lipinski definition) is 2. The van der Waals surface area contributed by atoms with Crippen LogP contribution in [0.1, 0.15) is 27.2 Å². The normalized spacial score (nSPS) is 11.9. The van der Waals surface area contributed by atoms with E-state index in [0.29, 0.717) is 6.54 Å². The van der Waals surface area contributed by atoms with E-state index < -0.39 is 11.4 Å². The predicted octanol–water partition coefficient (Wildman–Crippen LogP) is 2.32. The van der Waals surface area contributed by atoms with E-state index in [1.807, 2.05) is 31.2 Å². The summed E-state index contributed by atoms with van der Waals surface area (Å²) < 4.78 is 3.28. The van der Waals surface area contributed by atoms with Crippen LogP contribution >= 0.6 is 0 Å². The minimum Gasteiger partial charge on any atom is -0.481 e. The summed E-state index contributed by atoms with van der Waals surface area (Å²) in [6.45, 7) is 6.08. The van der Waals surface area contributed by atoms with Gasteiger partial charge in [-0.05, 0) is 32.4 Å². The molecule has 1 aromatic heterocycles. The second-order valence-electron chi connectivity index (χ2n) is 5.70. The number of carbonyl (C=O) groups is 1. The second kappa shape index (κ2) is 5.15. The Balaban J connectivity index is 2.62. The number of carboxylic acid groups (broad SMARTS) is 1. The van der Waals surface area contributed by atoms with Crippen LogP contribution in [0.25, 0.3) is 11.0 Å². The van der Waals surface area contributed by atoms with Gasteiger partial charge in [-0.3, -0.25) is 13.9 Å². The van der Waals surface area contributed by atoms with Crippen LogP contribution in [0.2, 0.25) is 0 Å². The molecular weight excluding hydrogens is 256 g/mol. The number of nitrogens with zero attached hydrogens (tertiary/aromatic N) is 2. The molecule has 0 aliphatic heterocycles. The maximum atomic E-state index is 12.5. The molecule has 2 aromatic rings. The van der Waals surface area contributed by atoms with Crippen LogP contribution in [0.4, 0.5) is 0 Å². The number of carboxylic acids is 1. The van der Waals surface area contributed by atoms with E-state index in [-0.39, 0.29) is 12.2 Å². The van der Waals surface area contributed by atoms with Crippen LogP contribution in [0, 0.1) is 5.41 Å². The highest BCUT2D eigenvalue weighted by atomic mass is 16.4. The summed E-state index contributed by atoms with van der Waals surface area (Å²) in [5, 5.41) is 9.25. The van der Waals surface area contributed by atoms with E-state index in [1.54, 1.807) is 23.0 Å². The molecule has 5 heteroatoms. The van der Waals surface area contributed by atoms with E-state index in [2.05, 4.69) is 0 Å². The smallest absolute Gasteiger partial charge is 0.329 e. The molecule has 0 saturated carbocycles. The third-order valence-electron chi connectivity index (χ3n) is 3.50. The van der Waals surface area contributed by atoms with Gasteiger partial charge in [0.25, 0.3) is 0 Å². The molecule has 108 valence electrons. The van der Waals surface area contributed by atoms with Crippen LogP contribution in [0.3, 0.4) is 0 Å². The summed E-state index contributed by atoms with van der Waals surface area (Å²) in [5.74, 6) is -0.906. The van der Waals surface area contributed by atoms with Crippen molar-refractivity contribution in [1.82, 2.24) is 9.13 Å². The molecule has 0 atom stereocenters. The van der Waals surface area contributed by atoms with Crippen molar-refractivity contribution < 1.29 is 9.90 Å². The molecule has 0 aliphatic carbocycles. The van der Waals surface area contributed by atoms with Gasteiger partial charge in [0.05, 0.1) is 16.4 Å². The van der Waals surface area contributed by atoms with Crippen molar-refractivity contribution in [3.63, 3.8) is 0 Å². The first-order valence-corrected chi connectivity index (χ1v) is 6.80. The third kappa shape index (κ3) is 2.35. The first-order chi connectivity index (χ1) is 9.38. The van der Waals surface area contributed by atoms with Gasteiger partial charge >= 0.3 is 11.7 Å². The first kappa shape index (κ1) is 14.4. The second-order valence-corrected chi connectivity index (χ2v) is 5.70. The van der Waals surface area contributed by atoms with Crippen molar-refractivity contribution in [2.45, 2.75) is 40.3 Å². The van der Waals surface area contributed by atoms with Crippen LogP contribution in [0.5, 0.6) is 0 Å². The fourth-order valence-electron chi connectivity index (χ4n) is 2.33. The fourth-order valence-corrected chi connectivity index (χ4v) is 2.33. The minimum absolute atomic E-state index is 0.137. The van der Waals surface area contributed by atoms with Crippen molar-refractivity contribution in [3.8, 4) is 0 Å². The zero-order valence-electron chi connectivity index (χ0n) is 12.1. The Hall–Kier alpha value is -2.04. The molecule has 1 heterocycles. The number of hydrogen-bond donors (Lipinski definition) is 1. The number of aliphatic carboxylic acids is 1. The standard InChI is InChI=1S/C15H20N2O3/c1-4-9-16-11-7-5-6-8-12(11)17(14(16)20)10-15(2,3)13(18)19/h5-8H,4,9-10H2,1-3H3,(H,18,19). The van der Waals surface area contributed by atoms with Crippen LogP contribution in [0.15, 0.2) is 29.1 Å². The zero-order valence-corrected chi connectivity index (χ0v) is 12.1. The molecule has 0 unspecified atom stereocenters. The van der Waals surface area contributed by atoms with Gasteiger partial charge in [0.1, 0.15) is 0 Å². The Bertz CT molecular complexity index is 695. The lowest BCUT2D eigenvalue weighted by molar-refractivity contribution is -0.147. The van der Waals surface area contributed by atoms with Gasteiger partial charge in [-0.2, -0.15) is 0 Å². The molecule has 0 fully saturated rings. The van der Waals surface area contributed by atoms with Crippen molar-refractivity contribution in [2.75, 3.05) is 0 Å². The van der Waals surface area contributed by atoms with Crippen molar-refractivity contribution in [2.24, 2.45) is 5.41 Å². The lowest BCUT2D eigenvalue weighted by Crippen LogP contribution is -2.34. The number of benzene rings is 1. The first-order valence-electron chi connectivity index (χ1n) is 6.80. The number of fused-ring (bicyclic) bond motifs is 1. The van der Waals surface area contributed by atoms with Gasteiger partial charge in [0.15, 0.2) is 0 Å². The van der Waals surface area contributed by atoms with Gasteiger partial charge in [-0.1, -0.05) is 19.1 Å². The molecule has 0 amide bonds. The summed E-state index contributed by atoms with van der Waals surface area (Å²) in [6.07, 6.45) is 0.857. The highest BCUT2D eigenvalue weighted by Gasteiger charge is 2.29. The van der Waals surface area contributed by atoms with Crippen LogP contribution in [-0.4, -0.2) is 20.2 Å². The Morgan fingerprint density at radius 3 is 2.25 bits per heavy atom. The Morgan fingerprint density at radius 2 is 1.75 bits per heavy atom. The van der Waals surface area contributed by atoms with Crippen LogP contribution < -0.4 is 5.69 Å².